The second-order valence-corrected chi connectivity index (χ2v) is 4.10. The molecule has 78 valence electrons. The van der Waals surface area contributed by atoms with Crippen LogP contribution in [0.2, 0.25) is 0 Å². The molecule has 0 saturated heterocycles. The summed E-state index contributed by atoms with van der Waals surface area (Å²) in [6.07, 6.45) is 0.981. The molecule has 1 aromatic heterocycles. The van der Waals surface area contributed by atoms with E-state index in [0.29, 0.717) is 6.04 Å². The van der Waals surface area contributed by atoms with E-state index in [1.807, 2.05) is 0 Å². The fraction of sp³-hybridized carbons (Fsp3) is 0.800. The van der Waals surface area contributed by atoms with Crippen LogP contribution in [0.3, 0.4) is 0 Å². The lowest BCUT2D eigenvalue weighted by molar-refractivity contribution is 0.172. The predicted molar refractivity (Wildman–Crippen MR) is 54.9 cm³/mol. The van der Waals surface area contributed by atoms with Crippen LogP contribution in [0.15, 0.2) is 0 Å². The van der Waals surface area contributed by atoms with Gasteiger partial charge < -0.3 is 4.57 Å². The van der Waals surface area contributed by atoms with E-state index in [1.54, 1.807) is 0 Å². The van der Waals surface area contributed by atoms with Gasteiger partial charge in [-0.15, -0.1) is 10.2 Å². The van der Waals surface area contributed by atoms with Crippen LogP contribution in [-0.4, -0.2) is 32.3 Å². The molecule has 0 aliphatic carbocycles. The van der Waals surface area contributed by atoms with Crippen molar-refractivity contribution in [1.82, 2.24) is 19.7 Å². The highest BCUT2D eigenvalue weighted by molar-refractivity contribution is 4.99. The van der Waals surface area contributed by atoms with Gasteiger partial charge in [0.2, 0.25) is 0 Å². The Hall–Kier alpha value is -0.900. The first kappa shape index (κ1) is 9.65. The quantitative estimate of drug-likeness (QED) is 0.706. The van der Waals surface area contributed by atoms with E-state index in [0.717, 1.165) is 37.7 Å². The van der Waals surface area contributed by atoms with Crippen molar-refractivity contribution in [2.45, 2.75) is 46.3 Å². The summed E-state index contributed by atoms with van der Waals surface area (Å²) in [7, 11) is 0. The highest BCUT2D eigenvalue weighted by Crippen LogP contribution is 2.14. The third-order valence-electron chi connectivity index (χ3n) is 2.91. The molecule has 1 aromatic rings. The number of aryl methyl sites for hydroxylation is 1. The molecule has 0 aromatic carbocycles. The SMILES string of the molecule is CCc1nnc2n1CCN(C(C)C)C2. The molecule has 14 heavy (non-hydrogen) atoms. The molecule has 0 radical (unpaired) electrons. The highest BCUT2D eigenvalue weighted by Gasteiger charge is 2.21. The molecule has 1 aliphatic rings. The van der Waals surface area contributed by atoms with Crippen molar-refractivity contribution in [3.63, 3.8) is 0 Å². The van der Waals surface area contributed by atoms with Crippen LogP contribution in [0.4, 0.5) is 0 Å². The topological polar surface area (TPSA) is 34.0 Å². The van der Waals surface area contributed by atoms with E-state index in [1.165, 1.54) is 0 Å². The van der Waals surface area contributed by atoms with Crippen LogP contribution < -0.4 is 0 Å². The van der Waals surface area contributed by atoms with Gasteiger partial charge in [0.1, 0.15) is 11.6 Å². The Labute approximate surface area is 84.9 Å². The van der Waals surface area contributed by atoms with Crippen molar-refractivity contribution < 1.29 is 0 Å². The largest absolute Gasteiger partial charge is 0.313 e. The van der Waals surface area contributed by atoms with Crippen LogP contribution in [-0.2, 0) is 19.5 Å². The lowest BCUT2D eigenvalue weighted by atomic mass is 10.2. The van der Waals surface area contributed by atoms with E-state index in [-0.39, 0.29) is 0 Å². The lowest BCUT2D eigenvalue weighted by Gasteiger charge is -2.30. The molecule has 0 saturated carbocycles. The van der Waals surface area contributed by atoms with Crippen molar-refractivity contribution in [3.8, 4) is 0 Å². The second kappa shape index (κ2) is 3.69. The van der Waals surface area contributed by atoms with Gasteiger partial charge in [0, 0.05) is 25.6 Å². The third-order valence-corrected chi connectivity index (χ3v) is 2.91. The van der Waals surface area contributed by atoms with Gasteiger partial charge in [0.25, 0.3) is 0 Å². The molecule has 1 aliphatic heterocycles. The molecule has 4 heteroatoms. The van der Waals surface area contributed by atoms with Crippen LogP contribution >= 0.6 is 0 Å². The fourth-order valence-electron chi connectivity index (χ4n) is 1.94. The second-order valence-electron chi connectivity index (χ2n) is 4.10. The highest BCUT2D eigenvalue weighted by atomic mass is 15.3. The lowest BCUT2D eigenvalue weighted by Crippen LogP contribution is -2.38. The molecule has 0 unspecified atom stereocenters. The Balaban J connectivity index is 2.20. The van der Waals surface area contributed by atoms with Gasteiger partial charge in [-0.2, -0.15) is 0 Å². The van der Waals surface area contributed by atoms with Gasteiger partial charge in [-0.05, 0) is 13.8 Å². The summed E-state index contributed by atoms with van der Waals surface area (Å²) in [5.41, 5.74) is 0. The molecule has 0 N–H and O–H groups in total. The van der Waals surface area contributed by atoms with Crippen molar-refractivity contribution >= 4 is 0 Å². The average molecular weight is 194 g/mol. The van der Waals surface area contributed by atoms with Crippen LogP contribution in [0.1, 0.15) is 32.4 Å². The van der Waals surface area contributed by atoms with E-state index >= 15 is 0 Å². The summed E-state index contributed by atoms with van der Waals surface area (Å²) in [6.45, 7) is 9.70. The zero-order chi connectivity index (χ0) is 10.1. The first-order chi connectivity index (χ1) is 6.72. The standard InChI is InChI=1S/C10H18N4/c1-4-9-11-12-10-7-13(8(2)3)5-6-14(9)10/h8H,4-7H2,1-3H3. The molecule has 2 heterocycles. The molecule has 0 spiro atoms. The van der Waals surface area contributed by atoms with Gasteiger partial charge in [-0.1, -0.05) is 6.92 Å². The Morgan fingerprint density at radius 2 is 2.07 bits per heavy atom. The normalized spacial score (nSPS) is 17.4. The molecule has 4 nitrogen and oxygen atoms in total. The zero-order valence-electron chi connectivity index (χ0n) is 9.19. The number of nitrogens with zero attached hydrogens (tertiary/aromatic N) is 4. The van der Waals surface area contributed by atoms with E-state index in [9.17, 15) is 0 Å². The number of rotatable bonds is 2. The zero-order valence-corrected chi connectivity index (χ0v) is 9.19. The Bertz CT molecular complexity index is 316. The Morgan fingerprint density at radius 3 is 2.71 bits per heavy atom. The van der Waals surface area contributed by atoms with E-state index in [4.69, 9.17) is 0 Å². The summed E-state index contributed by atoms with van der Waals surface area (Å²) in [6, 6.07) is 0.602. The van der Waals surface area contributed by atoms with Crippen molar-refractivity contribution in [2.24, 2.45) is 0 Å². The molecule has 2 rings (SSSR count). The summed E-state index contributed by atoms with van der Waals surface area (Å²) in [5, 5.41) is 8.43. The van der Waals surface area contributed by atoms with Crippen molar-refractivity contribution in [3.05, 3.63) is 11.6 Å². The van der Waals surface area contributed by atoms with Gasteiger partial charge in [-0.25, -0.2) is 0 Å². The first-order valence-electron chi connectivity index (χ1n) is 5.37. The monoisotopic (exact) mass is 194 g/mol. The minimum absolute atomic E-state index is 0.602. The maximum atomic E-state index is 4.23. The van der Waals surface area contributed by atoms with Gasteiger partial charge in [0.05, 0.1) is 6.54 Å². The summed E-state index contributed by atoms with van der Waals surface area (Å²) < 4.78 is 2.26. The molecule has 0 atom stereocenters. The first-order valence-corrected chi connectivity index (χ1v) is 5.37. The maximum Gasteiger partial charge on any atom is 0.147 e. The third kappa shape index (κ3) is 1.54. The Kier molecular flexibility index (Phi) is 2.54. The minimum Gasteiger partial charge on any atom is -0.313 e. The minimum atomic E-state index is 0.602. The maximum absolute atomic E-state index is 4.23. The van der Waals surface area contributed by atoms with Crippen molar-refractivity contribution in [1.29, 1.82) is 0 Å². The predicted octanol–water partition coefficient (Wildman–Crippen LogP) is 1.06. The number of aromatic nitrogens is 3. The molecular formula is C10H18N4. The molecule has 0 fully saturated rings. The van der Waals surface area contributed by atoms with Gasteiger partial charge in [-0.3, -0.25) is 4.90 Å². The number of fused-ring (bicyclic) bond motifs is 1. The molecular weight excluding hydrogens is 176 g/mol. The van der Waals surface area contributed by atoms with Crippen molar-refractivity contribution in [2.75, 3.05) is 6.54 Å². The van der Waals surface area contributed by atoms with Crippen LogP contribution in [0.25, 0.3) is 0 Å². The van der Waals surface area contributed by atoms with Gasteiger partial charge in [0.15, 0.2) is 0 Å². The molecule has 0 bridgehead atoms. The van der Waals surface area contributed by atoms with Crippen LogP contribution in [0, 0.1) is 0 Å². The fourth-order valence-corrected chi connectivity index (χ4v) is 1.94. The summed E-state index contributed by atoms with van der Waals surface area (Å²) in [5.74, 6) is 2.25. The smallest absolute Gasteiger partial charge is 0.147 e. The van der Waals surface area contributed by atoms with Crippen LogP contribution in [0.5, 0.6) is 0 Å². The van der Waals surface area contributed by atoms with Gasteiger partial charge >= 0.3 is 0 Å². The Morgan fingerprint density at radius 1 is 1.29 bits per heavy atom. The summed E-state index contributed by atoms with van der Waals surface area (Å²) in [4.78, 5) is 2.43. The summed E-state index contributed by atoms with van der Waals surface area (Å²) >= 11 is 0. The number of hydrogen-bond donors (Lipinski definition) is 0. The van der Waals surface area contributed by atoms with E-state index in [2.05, 4.69) is 40.4 Å². The average Bonchev–Trinajstić information content (AvgIpc) is 2.59. The number of hydrogen-bond acceptors (Lipinski definition) is 3. The van der Waals surface area contributed by atoms with E-state index < -0.39 is 0 Å². The molecule has 0 amide bonds.